The fourth-order valence-electron chi connectivity index (χ4n) is 2.78. The maximum absolute atomic E-state index is 13.0. The van der Waals surface area contributed by atoms with Crippen LogP contribution < -0.4 is 4.90 Å². The lowest BCUT2D eigenvalue weighted by Crippen LogP contribution is -2.24. The molecule has 0 aliphatic carbocycles. The standard InChI is InChI=1S/C18H12F3NO3S/c1-26-15-8-10(18(19,20)21)6-7-13(15)22-14(9-16(23)24)11-4-2-3-5-12(11)17(22)25/h2-9H,1H3,(H,23,24). The van der Waals surface area contributed by atoms with Gasteiger partial charge in [-0.05, 0) is 30.5 Å². The van der Waals surface area contributed by atoms with Gasteiger partial charge in [0, 0.05) is 22.1 Å². The number of alkyl halides is 3. The van der Waals surface area contributed by atoms with Gasteiger partial charge in [0.25, 0.3) is 5.91 Å². The van der Waals surface area contributed by atoms with Gasteiger partial charge >= 0.3 is 12.1 Å². The normalized spacial score (nSPS) is 15.5. The van der Waals surface area contributed by atoms with Crippen molar-refractivity contribution in [1.29, 1.82) is 0 Å². The Bertz CT molecular complexity index is 938. The number of anilines is 1. The molecule has 3 rings (SSSR count). The smallest absolute Gasteiger partial charge is 0.416 e. The summed E-state index contributed by atoms with van der Waals surface area (Å²) < 4.78 is 38.9. The van der Waals surface area contributed by atoms with E-state index in [1.165, 1.54) is 6.07 Å². The first-order chi connectivity index (χ1) is 12.2. The Hall–Kier alpha value is -2.74. The van der Waals surface area contributed by atoms with Gasteiger partial charge < -0.3 is 5.11 Å². The predicted octanol–water partition coefficient (Wildman–Crippen LogP) is 4.51. The van der Waals surface area contributed by atoms with E-state index < -0.39 is 23.6 Å². The van der Waals surface area contributed by atoms with Crippen molar-refractivity contribution in [2.45, 2.75) is 11.1 Å². The van der Waals surface area contributed by atoms with Crippen molar-refractivity contribution < 1.29 is 27.9 Å². The fourth-order valence-corrected chi connectivity index (χ4v) is 3.39. The minimum Gasteiger partial charge on any atom is -0.478 e. The van der Waals surface area contributed by atoms with Gasteiger partial charge in [0.05, 0.1) is 16.9 Å². The number of hydrogen-bond donors (Lipinski definition) is 1. The minimum absolute atomic E-state index is 0.119. The molecule has 1 amide bonds. The SMILES string of the molecule is CSc1cc(C(F)(F)F)ccc1N1C(=O)c2ccccc2C1=CC(=O)O. The van der Waals surface area contributed by atoms with Crippen LogP contribution in [0, 0.1) is 0 Å². The second kappa shape index (κ2) is 6.53. The van der Waals surface area contributed by atoms with Gasteiger partial charge in [0.15, 0.2) is 0 Å². The molecule has 0 bridgehead atoms. The average Bonchev–Trinajstić information content (AvgIpc) is 2.85. The molecule has 0 saturated heterocycles. The molecule has 1 aliphatic rings. The molecular formula is C18H12F3NO3S. The van der Waals surface area contributed by atoms with E-state index in [0.29, 0.717) is 11.1 Å². The number of benzene rings is 2. The summed E-state index contributed by atoms with van der Waals surface area (Å²) in [6.45, 7) is 0. The van der Waals surface area contributed by atoms with Crippen molar-refractivity contribution in [2.24, 2.45) is 0 Å². The summed E-state index contributed by atoms with van der Waals surface area (Å²) in [4.78, 5) is 25.4. The highest BCUT2D eigenvalue weighted by Crippen LogP contribution is 2.42. The van der Waals surface area contributed by atoms with E-state index >= 15 is 0 Å². The Kier molecular flexibility index (Phi) is 4.53. The first-order valence-corrected chi connectivity index (χ1v) is 8.60. The molecule has 2 aromatic carbocycles. The molecule has 0 unspecified atom stereocenters. The van der Waals surface area contributed by atoms with Crippen LogP contribution in [-0.2, 0) is 11.0 Å². The number of aliphatic carboxylic acids is 1. The van der Waals surface area contributed by atoms with Gasteiger partial charge in [-0.1, -0.05) is 18.2 Å². The van der Waals surface area contributed by atoms with E-state index in [0.717, 1.165) is 34.9 Å². The first kappa shape index (κ1) is 18.1. The van der Waals surface area contributed by atoms with Gasteiger partial charge in [-0.2, -0.15) is 13.2 Å². The number of fused-ring (bicyclic) bond motifs is 1. The molecule has 0 fully saturated rings. The van der Waals surface area contributed by atoms with Crippen molar-refractivity contribution in [3.8, 4) is 0 Å². The summed E-state index contributed by atoms with van der Waals surface area (Å²) >= 11 is 1.05. The second-order valence-corrected chi connectivity index (χ2v) is 6.29. The molecule has 134 valence electrons. The van der Waals surface area contributed by atoms with Crippen molar-refractivity contribution in [2.75, 3.05) is 11.2 Å². The van der Waals surface area contributed by atoms with Crippen LogP contribution in [0.25, 0.3) is 5.70 Å². The minimum atomic E-state index is -4.51. The highest BCUT2D eigenvalue weighted by molar-refractivity contribution is 7.98. The molecule has 8 heteroatoms. The quantitative estimate of drug-likeness (QED) is 0.630. The van der Waals surface area contributed by atoms with Crippen molar-refractivity contribution >= 4 is 35.0 Å². The molecule has 4 nitrogen and oxygen atoms in total. The van der Waals surface area contributed by atoms with Gasteiger partial charge in [0.1, 0.15) is 0 Å². The Balaban J connectivity index is 2.20. The molecule has 0 aromatic heterocycles. The lowest BCUT2D eigenvalue weighted by Gasteiger charge is -2.22. The maximum Gasteiger partial charge on any atom is 0.416 e. The van der Waals surface area contributed by atoms with Crippen LogP contribution in [-0.4, -0.2) is 23.2 Å². The number of carbonyl (C=O) groups is 2. The number of rotatable bonds is 3. The van der Waals surface area contributed by atoms with E-state index in [4.69, 9.17) is 5.11 Å². The summed E-state index contributed by atoms with van der Waals surface area (Å²) in [6, 6.07) is 9.47. The van der Waals surface area contributed by atoms with Crippen LogP contribution in [0.4, 0.5) is 18.9 Å². The zero-order chi connectivity index (χ0) is 19.1. The molecule has 1 N–H and O–H groups in total. The number of amides is 1. The van der Waals surface area contributed by atoms with Crippen LogP contribution in [0.1, 0.15) is 21.5 Å². The summed E-state index contributed by atoms with van der Waals surface area (Å²) in [5, 5.41) is 9.16. The molecule has 0 atom stereocenters. The first-order valence-electron chi connectivity index (χ1n) is 7.37. The van der Waals surface area contributed by atoms with Crippen molar-refractivity contribution in [3.05, 3.63) is 65.2 Å². The van der Waals surface area contributed by atoms with E-state index in [2.05, 4.69) is 0 Å². The Morgan fingerprint density at radius 2 is 1.81 bits per heavy atom. The van der Waals surface area contributed by atoms with E-state index in [-0.39, 0.29) is 16.3 Å². The van der Waals surface area contributed by atoms with Crippen LogP contribution in [0.3, 0.4) is 0 Å². The number of carboxylic acids is 1. The molecule has 0 spiro atoms. The predicted molar refractivity (Wildman–Crippen MR) is 92.1 cm³/mol. The summed E-state index contributed by atoms with van der Waals surface area (Å²) in [5.74, 6) is -1.74. The van der Waals surface area contributed by atoms with E-state index in [1.54, 1.807) is 30.5 Å². The number of hydrogen-bond acceptors (Lipinski definition) is 3. The van der Waals surface area contributed by atoms with Crippen LogP contribution in [0.15, 0.2) is 53.4 Å². The third-order valence-corrected chi connectivity index (χ3v) is 4.65. The molecule has 0 saturated carbocycles. The number of carboxylic acid groups (broad SMARTS) is 1. The maximum atomic E-state index is 13.0. The van der Waals surface area contributed by atoms with Gasteiger partial charge in [-0.3, -0.25) is 9.69 Å². The Labute approximate surface area is 150 Å². The molecule has 1 aliphatic heterocycles. The number of nitrogens with zero attached hydrogens (tertiary/aromatic N) is 1. The number of thioether (sulfide) groups is 1. The molecule has 2 aromatic rings. The van der Waals surface area contributed by atoms with Crippen molar-refractivity contribution in [3.63, 3.8) is 0 Å². The lowest BCUT2D eigenvalue weighted by molar-refractivity contribution is -0.137. The molecule has 1 heterocycles. The Morgan fingerprint density at radius 3 is 2.38 bits per heavy atom. The topological polar surface area (TPSA) is 57.6 Å². The third-order valence-electron chi connectivity index (χ3n) is 3.89. The zero-order valence-corrected chi connectivity index (χ0v) is 14.2. The average molecular weight is 379 g/mol. The summed E-state index contributed by atoms with van der Waals surface area (Å²) in [7, 11) is 0. The van der Waals surface area contributed by atoms with E-state index in [9.17, 15) is 22.8 Å². The monoisotopic (exact) mass is 379 g/mol. The fraction of sp³-hybridized carbons (Fsp3) is 0.111. The van der Waals surface area contributed by atoms with E-state index in [1.807, 2.05) is 0 Å². The highest BCUT2D eigenvalue weighted by atomic mass is 32.2. The van der Waals surface area contributed by atoms with Crippen molar-refractivity contribution in [1.82, 2.24) is 0 Å². The van der Waals surface area contributed by atoms with Crippen LogP contribution in [0.5, 0.6) is 0 Å². The molecule has 26 heavy (non-hydrogen) atoms. The van der Waals surface area contributed by atoms with Gasteiger partial charge in [-0.15, -0.1) is 11.8 Å². The second-order valence-electron chi connectivity index (χ2n) is 5.44. The number of halogens is 3. The van der Waals surface area contributed by atoms with Crippen LogP contribution >= 0.6 is 11.8 Å². The largest absolute Gasteiger partial charge is 0.478 e. The van der Waals surface area contributed by atoms with Gasteiger partial charge in [-0.25, -0.2) is 4.79 Å². The summed E-state index contributed by atoms with van der Waals surface area (Å²) in [6.07, 6.45) is -2.04. The summed E-state index contributed by atoms with van der Waals surface area (Å²) in [5.41, 5.74) is 0.213. The molecule has 0 radical (unpaired) electrons. The highest BCUT2D eigenvalue weighted by Gasteiger charge is 2.36. The third kappa shape index (κ3) is 3.08. The number of carbonyl (C=O) groups excluding carboxylic acids is 1. The van der Waals surface area contributed by atoms with Gasteiger partial charge in [0.2, 0.25) is 0 Å². The Morgan fingerprint density at radius 1 is 1.15 bits per heavy atom. The van der Waals surface area contributed by atoms with Crippen LogP contribution in [0.2, 0.25) is 0 Å². The molecular weight excluding hydrogens is 367 g/mol. The zero-order valence-electron chi connectivity index (χ0n) is 13.4. The lowest BCUT2D eigenvalue weighted by atomic mass is 10.1.